The van der Waals surface area contributed by atoms with Gasteiger partial charge in [0.2, 0.25) is 11.8 Å². The minimum atomic E-state index is 0.0430. The molecule has 0 atom stereocenters. The number of oxazole rings is 1. The second kappa shape index (κ2) is 8.34. The standard InChI is InChI=1S/C17H22N2O3/c1-13-15(10-11-18-16(20)9-6-12-21-2)19-17(22-13)14-7-4-3-5-8-14/h3-5,7-8H,6,9-12H2,1-2H3,(H,18,20). The van der Waals surface area contributed by atoms with Crippen molar-refractivity contribution in [3.63, 3.8) is 0 Å². The highest BCUT2D eigenvalue weighted by atomic mass is 16.5. The maximum absolute atomic E-state index is 11.6. The zero-order valence-electron chi connectivity index (χ0n) is 13.1. The molecular weight excluding hydrogens is 280 g/mol. The third-order valence-electron chi connectivity index (χ3n) is 3.35. The summed E-state index contributed by atoms with van der Waals surface area (Å²) in [6.45, 7) is 3.07. The summed E-state index contributed by atoms with van der Waals surface area (Å²) in [6, 6.07) is 9.79. The lowest BCUT2D eigenvalue weighted by Crippen LogP contribution is -2.25. The van der Waals surface area contributed by atoms with Gasteiger partial charge in [-0.1, -0.05) is 18.2 Å². The number of hydrogen-bond acceptors (Lipinski definition) is 4. The van der Waals surface area contributed by atoms with E-state index in [0.717, 1.165) is 23.4 Å². The van der Waals surface area contributed by atoms with Crippen molar-refractivity contribution in [3.05, 3.63) is 41.8 Å². The van der Waals surface area contributed by atoms with Gasteiger partial charge in [0.05, 0.1) is 5.69 Å². The Morgan fingerprint density at radius 2 is 2.09 bits per heavy atom. The first-order valence-electron chi connectivity index (χ1n) is 7.48. The smallest absolute Gasteiger partial charge is 0.226 e. The third-order valence-corrected chi connectivity index (χ3v) is 3.35. The fourth-order valence-electron chi connectivity index (χ4n) is 2.15. The Morgan fingerprint density at radius 1 is 1.32 bits per heavy atom. The maximum Gasteiger partial charge on any atom is 0.226 e. The van der Waals surface area contributed by atoms with Gasteiger partial charge < -0.3 is 14.5 Å². The molecule has 5 nitrogen and oxygen atoms in total. The van der Waals surface area contributed by atoms with Crippen molar-refractivity contribution in [3.8, 4) is 11.5 Å². The van der Waals surface area contributed by atoms with Crippen molar-refractivity contribution >= 4 is 5.91 Å². The van der Waals surface area contributed by atoms with Crippen molar-refractivity contribution in [1.29, 1.82) is 0 Å². The number of nitrogens with one attached hydrogen (secondary N) is 1. The van der Waals surface area contributed by atoms with Gasteiger partial charge in [0.25, 0.3) is 0 Å². The van der Waals surface area contributed by atoms with E-state index in [-0.39, 0.29) is 5.91 Å². The topological polar surface area (TPSA) is 64.4 Å². The van der Waals surface area contributed by atoms with E-state index >= 15 is 0 Å². The van der Waals surface area contributed by atoms with Gasteiger partial charge in [-0.05, 0) is 25.5 Å². The highest BCUT2D eigenvalue weighted by Crippen LogP contribution is 2.21. The third kappa shape index (κ3) is 4.70. The molecule has 0 bridgehead atoms. The lowest BCUT2D eigenvalue weighted by molar-refractivity contribution is -0.121. The van der Waals surface area contributed by atoms with Gasteiger partial charge in [0, 0.05) is 38.7 Å². The fraction of sp³-hybridized carbons (Fsp3) is 0.412. The number of rotatable bonds is 8. The molecule has 22 heavy (non-hydrogen) atoms. The number of methoxy groups -OCH3 is 1. The maximum atomic E-state index is 11.6. The number of hydrogen-bond donors (Lipinski definition) is 1. The second-order valence-electron chi connectivity index (χ2n) is 5.08. The molecular formula is C17H22N2O3. The molecule has 1 heterocycles. The Bertz CT molecular complexity index is 593. The van der Waals surface area contributed by atoms with Gasteiger partial charge in [-0.2, -0.15) is 0 Å². The minimum Gasteiger partial charge on any atom is -0.441 e. The zero-order chi connectivity index (χ0) is 15.8. The quantitative estimate of drug-likeness (QED) is 0.762. The number of carbonyl (C=O) groups excluding carboxylic acids is 1. The molecule has 0 unspecified atom stereocenters. The van der Waals surface area contributed by atoms with Crippen LogP contribution in [-0.2, 0) is 16.0 Å². The van der Waals surface area contributed by atoms with Crippen LogP contribution in [0.3, 0.4) is 0 Å². The Labute approximate surface area is 130 Å². The molecule has 0 aliphatic carbocycles. The van der Waals surface area contributed by atoms with Crippen molar-refractivity contribution in [2.45, 2.75) is 26.2 Å². The molecule has 0 saturated heterocycles. The van der Waals surface area contributed by atoms with E-state index < -0.39 is 0 Å². The van der Waals surface area contributed by atoms with Crippen LogP contribution in [-0.4, -0.2) is 31.2 Å². The number of aromatic nitrogens is 1. The summed E-state index contributed by atoms with van der Waals surface area (Å²) in [7, 11) is 1.63. The van der Waals surface area contributed by atoms with E-state index in [9.17, 15) is 4.79 Å². The first-order valence-corrected chi connectivity index (χ1v) is 7.48. The molecule has 1 aromatic heterocycles. The van der Waals surface area contributed by atoms with Crippen LogP contribution in [0.2, 0.25) is 0 Å². The normalized spacial score (nSPS) is 10.6. The number of amides is 1. The van der Waals surface area contributed by atoms with Gasteiger partial charge in [0.1, 0.15) is 5.76 Å². The van der Waals surface area contributed by atoms with Crippen LogP contribution < -0.4 is 5.32 Å². The molecule has 0 saturated carbocycles. The second-order valence-corrected chi connectivity index (χ2v) is 5.08. The molecule has 1 aromatic carbocycles. The van der Waals surface area contributed by atoms with Gasteiger partial charge in [-0.25, -0.2) is 4.98 Å². The van der Waals surface area contributed by atoms with Gasteiger partial charge in [-0.3, -0.25) is 4.79 Å². The van der Waals surface area contributed by atoms with Crippen LogP contribution in [0.5, 0.6) is 0 Å². The molecule has 1 amide bonds. The lowest BCUT2D eigenvalue weighted by Gasteiger charge is -2.03. The fourth-order valence-corrected chi connectivity index (χ4v) is 2.15. The first-order chi connectivity index (χ1) is 10.7. The Kier molecular flexibility index (Phi) is 6.15. The van der Waals surface area contributed by atoms with Crippen LogP contribution in [0, 0.1) is 6.92 Å². The number of benzene rings is 1. The predicted molar refractivity (Wildman–Crippen MR) is 84.5 cm³/mol. The molecule has 0 spiro atoms. The summed E-state index contributed by atoms with van der Waals surface area (Å²) in [5.41, 5.74) is 1.84. The van der Waals surface area contributed by atoms with Crippen LogP contribution in [0.4, 0.5) is 0 Å². The minimum absolute atomic E-state index is 0.0430. The van der Waals surface area contributed by atoms with Crippen LogP contribution in [0.15, 0.2) is 34.7 Å². The highest BCUT2D eigenvalue weighted by molar-refractivity contribution is 5.75. The summed E-state index contributed by atoms with van der Waals surface area (Å²) >= 11 is 0. The van der Waals surface area contributed by atoms with Crippen LogP contribution >= 0.6 is 0 Å². The van der Waals surface area contributed by atoms with Crippen molar-refractivity contribution in [2.24, 2.45) is 0 Å². The first kappa shape index (κ1) is 16.2. The molecule has 118 valence electrons. The Balaban J connectivity index is 1.84. The molecule has 0 aliphatic rings. The number of carbonyl (C=O) groups is 1. The largest absolute Gasteiger partial charge is 0.441 e. The summed E-state index contributed by atoms with van der Waals surface area (Å²) in [5.74, 6) is 1.47. The van der Waals surface area contributed by atoms with E-state index in [1.165, 1.54) is 0 Å². The molecule has 1 N–H and O–H groups in total. The summed E-state index contributed by atoms with van der Waals surface area (Å²) in [5, 5.41) is 2.89. The van der Waals surface area contributed by atoms with Crippen molar-refractivity contribution in [1.82, 2.24) is 10.3 Å². The van der Waals surface area contributed by atoms with Gasteiger partial charge in [-0.15, -0.1) is 0 Å². The van der Waals surface area contributed by atoms with E-state index in [1.54, 1.807) is 7.11 Å². The summed E-state index contributed by atoms with van der Waals surface area (Å²) in [4.78, 5) is 16.1. The number of aryl methyl sites for hydroxylation is 1. The van der Waals surface area contributed by atoms with Gasteiger partial charge in [0.15, 0.2) is 0 Å². The van der Waals surface area contributed by atoms with E-state index in [1.807, 2.05) is 37.3 Å². The molecule has 2 rings (SSSR count). The zero-order valence-corrected chi connectivity index (χ0v) is 13.1. The molecule has 0 radical (unpaired) electrons. The molecule has 0 fully saturated rings. The molecule has 0 aliphatic heterocycles. The van der Waals surface area contributed by atoms with Crippen LogP contribution in [0.1, 0.15) is 24.3 Å². The monoisotopic (exact) mass is 302 g/mol. The lowest BCUT2D eigenvalue weighted by atomic mass is 10.2. The molecule has 5 heteroatoms. The van der Waals surface area contributed by atoms with Crippen LogP contribution in [0.25, 0.3) is 11.5 Å². The Morgan fingerprint density at radius 3 is 2.82 bits per heavy atom. The Hall–Kier alpha value is -2.14. The summed E-state index contributed by atoms with van der Waals surface area (Å²) in [6.07, 6.45) is 1.89. The van der Waals surface area contributed by atoms with Crippen molar-refractivity contribution in [2.75, 3.05) is 20.3 Å². The van der Waals surface area contributed by atoms with E-state index in [4.69, 9.17) is 9.15 Å². The number of nitrogens with zero attached hydrogens (tertiary/aromatic N) is 1. The van der Waals surface area contributed by atoms with E-state index in [0.29, 0.717) is 31.9 Å². The average Bonchev–Trinajstić information content (AvgIpc) is 2.90. The van der Waals surface area contributed by atoms with Gasteiger partial charge >= 0.3 is 0 Å². The predicted octanol–water partition coefficient (Wildman–Crippen LogP) is 2.74. The number of ether oxygens (including phenoxy) is 1. The van der Waals surface area contributed by atoms with Crippen molar-refractivity contribution < 1.29 is 13.9 Å². The molecule has 2 aromatic rings. The summed E-state index contributed by atoms with van der Waals surface area (Å²) < 4.78 is 10.6. The van der Waals surface area contributed by atoms with E-state index in [2.05, 4.69) is 10.3 Å². The SMILES string of the molecule is COCCCC(=O)NCCc1nc(-c2ccccc2)oc1C. The average molecular weight is 302 g/mol. The highest BCUT2D eigenvalue weighted by Gasteiger charge is 2.11.